The minimum absolute atomic E-state index is 0.0466. The lowest BCUT2D eigenvalue weighted by atomic mass is 9.67. The van der Waals surface area contributed by atoms with E-state index in [2.05, 4.69) is 214 Å². The van der Waals surface area contributed by atoms with Crippen molar-refractivity contribution in [3.05, 3.63) is 221 Å². The molecule has 0 amide bonds. The van der Waals surface area contributed by atoms with Crippen molar-refractivity contribution in [1.29, 1.82) is 0 Å². The topological polar surface area (TPSA) is 3.24 Å². The molecule has 0 radical (unpaired) electrons. The summed E-state index contributed by atoms with van der Waals surface area (Å²) in [6, 6.07) is 70.9. The summed E-state index contributed by atoms with van der Waals surface area (Å²) >= 11 is 0. The van der Waals surface area contributed by atoms with E-state index in [1.165, 1.54) is 104 Å². The molecule has 8 aromatic rings. The van der Waals surface area contributed by atoms with Crippen molar-refractivity contribution in [3.8, 4) is 22.3 Å². The van der Waals surface area contributed by atoms with Crippen LogP contribution < -0.4 is 4.90 Å². The fourth-order valence-electron chi connectivity index (χ4n) is 10.4. The monoisotopic (exact) mass is 749 g/mol. The van der Waals surface area contributed by atoms with Crippen LogP contribution in [-0.4, -0.2) is 0 Å². The molecule has 0 aliphatic heterocycles. The zero-order chi connectivity index (χ0) is 39.3. The molecule has 0 unspecified atom stereocenters. The van der Waals surface area contributed by atoms with Gasteiger partial charge in [0.05, 0.1) is 11.1 Å². The molecule has 1 fully saturated rings. The first-order valence-corrected chi connectivity index (χ1v) is 21.3. The van der Waals surface area contributed by atoms with Crippen molar-refractivity contribution in [2.75, 3.05) is 4.90 Å². The third-order valence-corrected chi connectivity index (χ3v) is 13.1. The normalized spacial score (nSPS) is 14.9. The van der Waals surface area contributed by atoms with Gasteiger partial charge in [-0.2, -0.15) is 0 Å². The number of hydrogen-bond donors (Lipinski definition) is 0. The summed E-state index contributed by atoms with van der Waals surface area (Å²) in [5.74, 6) is 0.592. The lowest BCUT2D eigenvalue weighted by Crippen LogP contribution is -2.28. The van der Waals surface area contributed by atoms with Gasteiger partial charge in [0.25, 0.3) is 0 Å². The van der Waals surface area contributed by atoms with Gasteiger partial charge in [-0.1, -0.05) is 198 Å². The number of rotatable bonds is 7. The van der Waals surface area contributed by atoms with Gasteiger partial charge in [-0.25, -0.2) is 0 Å². The van der Waals surface area contributed by atoms with Crippen LogP contribution in [-0.2, 0) is 10.8 Å². The van der Waals surface area contributed by atoms with Gasteiger partial charge in [-0.3, -0.25) is 0 Å². The molecular formula is C57H51N. The first-order chi connectivity index (χ1) is 28.4. The molecule has 0 aromatic heterocycles. The van der Waals surface area contributed by atoms with Gasteiger partial charge in [-0.15, -0.1) is 0 Å². The molecule has 2 aliphatic carbocycles. The number of hydrogen-bond acceptors (Lipinski definition) is 1. The minimum atomic E-state index is -0.490. The summed E-state index contributed by atoms with van der Waals surface area (Å²) < 4.78 is 0. The van der Waals surface area contributed by atoms with Crippen LogP contribution in [0.4, 0.5) is 17.1 Å². The Morgan fingerprint density at radius 3 is 1.72 bits per heavy atom. The lowest BCUT2D eigenvalue weighted by Gasteiger charge is -2.35. The molecule has 0 atom stereocenters. The third kappa shape index (κ3) is 5.99. The zero-order valence-electron chi connectivity index (χ0n) is 34.0. The van der Waals surface area contributed by atoms with Gasteiger partial charge in [-0.05, 0) is 115 Å². The van der Waals surface area contributed by atoms with Crippen LogP contribution in [0.2, 0.25) is 0 Å². The summed E-state index contributed by atoms with van der Waals surface area (Å²) in [5.41, 5.74) is 16.2. The Morgan fingerprint density at radius 2 is 1.03 bits per heavy atom. The summed E-state index contributed by atoms with van der Waals surface area (Å²) in [6.07, 6.45) is 6.51. The first kappa shape index (κ1) is 36.2. The number of fused-ring (bicyclic) bond motifs is 4. The van der Waals surface area contributed by atoms with E-state index in [4.69, 9.17) is 0 Å². The third-order valence-electron chi connectivity index (χ3n) is 13.1. The van der Waals surface area contributed by atoms with E-state index < -0.39 is 5.41 Å². The van der Waals surface area contributed by atoms with E-state index in [0.29, 0.717) is 5.92 Å². The van der Waals surface area contributed by atoms with Crippen LogP contribution in [0.1, 0.15) is 92.2 Å². The molecule has 8 aromatic carbocycles. The molecule has 1 nitrogen and oxygen atoms in total. The van der Waals surface area contributed by atoms with Crippen LogP contribution >= 0.6 is 0 Å². The highest BCUT2D eigenvalue weighted by Gasteiger charge is 2.46. The average Bonchev–Trinajstić information content (AvgIpc) is 3.58. The van der Waals surface area contributed by atoms with E-state index in [-0.39, 0.29) is 5.41 Å². The predicted octanol–water partition coefficient (Wildman–Crippen LogP) is 15.7. The highest BCUT2D eigenvalue weighted by Crippen LogP contribution is 2.57. The largest absolute Gasteiger partial charge is 0.310 e. The zero-order valence-corrected chi connectivity index (χ0v) is 34.0. The maximum atomic E-state index is 2.51. The van der Waals surface area contributed by atoms with E-state index in [0.717, 1.165) is 11.4 Å². The van der Waals surface area contributed by atoms with E-state index >= 15 is 0 Å². The second kappa shape index (κ2) is 14.6. The molecular weight excluding hydrogens is 699 g/mol. The highest BCUT2D eigenvalue weighted by atomic mass is 15.1. The van der Waals surface area contributed by atoms with Gasteiger partial charge in [0, 0.05) is 16.9 Å². The summed E-state index contributed by atoms with van der Waals surface area (Å²) in [6.45, 7) is 6.88. The Balaban J connectivity index is 1.22. The summed E-state index contributed by atoms with van der Waals surface area (Å²) in [4.78, 5) is 2.51. The fraction of sp³-hybridized carbons (Fsp3) is 0.193. The van der Waals surface area contributed by atoms with Crippen LogP contribution in [0.15, 0.2) is 188 Å². The van der Waals surface area contributed by atoms with Crippen LogP contribution in [0.25, 0.3) is 33.0 Å². The summed E-state index contributed by atoms with van der Waals surface area (Å²) in [5, 5.41) is 2.73. The van der Waals surface area contributed by atoms with Crippen molar-refractivity contribution in [2.45, 2.75) is 69.6 Å². The Kier molecular flexibility index (Phi) is 9.13. The smallest absolute Gasteiger partial charge is 0.0714 e. The maximum absolute atomic E-state index is 2.51. The Bertz CT molecular complexity index is 2690. The van der Waals surface area contributed by atoms with Crippen molar-refractivity contribution >= 4 is 27.8 Å². The van der Waals surface area contributed by atoms with Gasteiger partial charge < -0.3 is 4.90 Å². The standard InChI is InChI=1S/C57H51N/c1-56(2,3)42-35-37-45(38-36-42)58(54-34-15-12-29-50(54)51-31-17-22-41-21-16-30-47(55(41)51)40-19-6-4-7-20-40)46-26-18-25-44(39-46)57(43-23-8-5-9-24-43)52-32-13-10-27-48(52)49-28-11-14-33-53(49)57/h5,8-18,21-40H,4,6-7,19-20H2,1-3H3. The molecule has 1 saturated carbocycles. The Morgan fingerprint density at radius 1 is 0.466 bits per heavy atom. The molecule has 0 heterocycles. The quantitative estimate of drug-likeness (QED) is 0.157. The molecule has 0 spiro atoms. The van der Waals surface area contributed by atoms with Gasteiger partial charge in [0.15, 0.2) is 0 Å². The van der Waals surface area contributed by atoms with Crippen molar-refractivity contribution < 1.29 is 0 Å². The highest BCUT2D eigenvalue weighted by molar-refractivity contribution is 6.03. The molecule has 0 saturated heterocycles. The molecule has 58 heavy (non-hydrogen) atoms. The van der Waals surface area contributed by atoms with Crippen molar-refractivity contribution in [2.24, 2.45) is 0 Å². The Labute approximate surface area is 344 Å². The van der Waals surface area contributed by atoms with Crippen molar-refractivity contribution in [3.63, 3.8) is 0 Å². The van der Waals surface area contributed by atoms with Crippen molar-refractivity contribution in [1.82, 2.24) is 0 Å². The van der Waals surface area contributed by atoms with Gasteiger partial charge >= 0.3 is 0 Å². The summed E-state index contributed by atoms with van der Waals surface area (Å²) in [7, 11) is 0. The molecule has 2 aliphatic rings. The SMILES string of the molecule is CC(C)(C)c1ccc(N(c2cccc(C3(c4ccccc4)c4ccccc4-c4ccccc43)c2)c2ccccc2-c2cccc3cccc(C4CCCCC4)c23)cc1. The minimum Gasteiger partial charge on any atom is -0.310 e. The number of anilines is 3. The van der Waals surface area contributed by atoms with E-state index in [1.807, 2.05) is 0 Å². The van der Waals surface area contributed by atoms with Crippen LogP contribution in [0, 0.1) is 0 Å². The maximum Gasteiger partial charge on any atom is 0.0714 e. The van der Waals surface area contributed by atoms with E-state index in [1.54, 1.807) is 0 Å². The Hall–Kier alpha value is -6.18. The number of nitrogens with zero attached hydrogens (tertiary/aromatic N) is 1. The molecule has 1 heteroatoms. The number of benzene rings is 8. The number of para-hydroxylation sites is 1. The second-order valence-corrected chi connectivity index (χ2v) is 17.5. The van der Waals surface area contributed by atoms with Gasteiger partial charge in [0.1, 0.15) is 0 Å². The van der Waals surface area contributed by atoms with Crippen LogP contribution in [0.3, 0.4) is 0 Å². The molecule has 0 bridgehead atoms. The van der Waals surface area contributed by atoms with Gasteiger partial charge in [0.2, 0.25) is 0 Å². The second-order valence-electron chi connectivity index (χ2n) is 17.5. The average molecular weight is 750 g/mol. The molecule has 284 valence electrons. The van der Waals surface area contributed by atoms with Crippen LogP contribution in [0.5, 0.6) is 0 Å². The first-order valence-electron chi connectivity index (χ1n) is 21.3. The van der Waals surface area contributed by atoms with E-state index in [9.17, 15) is 0 Å². The lowest BCUT2D eigenvalue weighted by molar-refractivity contribution is 0.445. The molecule has 10 rings (SSSR count). The molecule has 0 N–H and O–H groups in total. The predicted molar refractivity (Wildman–Crippen MR) is 246 cm³/mol. The fourth-order valence-corrected chi connectivity index (χ4v) is 10.4.